The third-order valence-electron chi connectivity index (χ3n) is 3.71. The lowest BCUT2D eigenvalue weighted by molar-refractivity contribution is 0.0475. The quantitative estimate of drug-likeness (QED) is 0.478. The van der Waals surface area contributed by atoms with Crippen LogP contribution in [0.4, 0.5) is 0 Å². The van der Waals surface area contributed by atoms with Crippen LogP contribution < -0.4 is 0 Å². The van der Waals surface area contributed by atoms with Gasteiger partial charge < -0.3 is 4.74 Å². The zero-order valence-corrected chi connectivity index (χ0v) is 14.1. The van der Waals surface area contributed by atoms with Crippen molar-refractivity contribution >= 4 is 23.4 Å². The predicted octanol–water partition coefficient (Wildman–Crippen LogP) is 5.05. The van der Waals surface area contributed by atoms with E-state index in [-0.39, 0.29) is 12.4 Å². The molecule has 0 saturated heterocycles. The molecule has 25 heavy (non-hydrogen) atoms. The third kappa shape index (κ3) is 4.34. The molecule has 3 rings (SSSR count). The van der Waals surface area contributed by atoms with Crippen molar-refractivity contribution in [2.24, 2.45) is 0 Å². The Morgan fingerprint density at radius 3 is 2.12 bits per heavy atom. The summed E-state index contributed by atoms with van der Waals surface area (Å²) in [6.07, 6.45) is 0. The van der Waals surface area contributed by atoms with Crippen molar-refractivity contribution < 1.29 is 14.3 Å². The maximum absolute atomic E-state index is 12.1. The van der Waals surface area contributed by atoms with Crippen LogP contribution in [0.1, 0.15) is 20.7 Å². The monoisotopic (exact) mass is 350 g/mol. The molecule has 0 aliphatic heterocycles. The van der Waals surface area contributed by atoms with Crippen LogP contribution in [0.3, 0.4) is 0 Å². The molecule has 0 aromatic heterocycles. The van der Waals surface area contributed by atoms with Crippen LogP contribution in [-0.4, -0.2) is 18.4 Å². The van der Waals surface area contributed by atoms with Crippen molar-refractivity contribution in [3.63, 3.8) is 0 Å². The van der Waals surface area contributed by atoms with Crippen LogP contribution in [0.5, 0.6) is 0 Å². The van der Waals surface area contributed by atoms with E-state index in [4.69, 9.17) is 16.3 Å². The number of rotatable bonds is 5. The first-order valence-electron chi connectivity index (χ1n) is 7.75. The number of esters is 1. The van der Waals surface area contributed by atoms with E-state index in [0.29, 0.717) is 16.1 Å². The molecule has 0 N–H and O–H groups in total. The number of halogens is 1. The zero-order chi connectivity index (χ0) is 17.6. The third-order valence-corrected chi connectivity index (χ3v) is 3.94. The summed E-state index contributed by atoms with van der Waals surface area (Å²) in [6.45, 7) is -0.320. The fraction of sp³-hybridized carbons (Fsp3) is 0.0476. The molecule has 0 bridgehead atoms. The molecule has 0 heterocycles. The van der Waals surface area contributed by atoms with Gasteiger partial charge in [-0.25, -0.2) is 4.79 Å². The molecular weight excluding hydrogens is 336 g/mol. The summed E-state index contributed by atoms with van der Waals surface area (Å²) in [5.41, 5.74) is 2.89. The molecule has 0 fully saturated rings. The van der Waals surface area contributed by atoms with Crippen LogP contribution in [0, 0.1) is 0 Å². The molecule has 3 nitrogen and oxygen atoms in total. The molecular formula is C21H15ClO3. The number of benzene rings is 3. The Kier molecular flexibility index (Phi) is 5.26. The molecule has 0 saturated carbocycles. The van der Waals surface area contributed by atoms with Gasteiger partial charge in [0.25, 0.3) is 0 Å². The van der Waals surface area contributed by atoms with E-state index in [9.17, 15) is 9.59 Å². The number of carbonyl (C=O) groups excluding carboxylic acids is 2. The molecule has 3 aromatic carbocycles. The minimum atomic E-state index is -0.532. The number of carbonyl (C=O) groups is 2. The Labute approximate surface area is 150 Å². The van der Waals surface area contributed by atoms with E-state index in [0.717, 1.165) is 11.1 Å². The van der Waals surface area contributed by atoms with Crippen molar-refractivity contribution in [1.29, 1.82) is 0 Å². The van der Waals surface area contributed by atoms with Gasteiger partial charge in [0.15, 0.2) is 12.4 Å². The van der Waals surface area contributed by atoms with Crippen molar-refractivity contribution in [2.75, 3.05) is 6.61 Å². The van der Waals surface area contributed by atoms with Crippen LogP contribution >= 0.6 is 11.6 Å². The number of ketones is 1. The van der Waals surface area contributed by atoms with Crippen LogP contribution in [0.25, 0.3) is 11.1 Å². The van der Waals surface area contributed by atoms with Crippen LogP contribution in [0.2, 0.25) is 5.02 Å². The second-order valence-electron chi connectivity index (χ2n) is 5.45. The molecule has 4 heteroatoms. The molecule has 0 atom stereocenters. The number of hydrogen-bond donors (Lipinski definition) is 0. The number of ether oxygens (including phenoxy) is 1. The minimum absolute atomic E-state index is 0.295. The number of hydrogen-bond acceptors (Lipinski definition) is 3. The van der Waals surface area contributed by atoms with E-state index < -0.39 is 5.97 Å². The van der Waals surface area contributed by atoms with Gasteiger partial charge in [-0.05, 0) is 35.4 Å². The van der Waals surface area contributed by atoms with Gasteiger partial charge in [-0.3, -0.25) is 4.79 Å². The van der Waals surface area contributed by atoms with Crippen LogP contribution in [-0.2, 0) is 4.74 Å². The largest absolute Gasteiger partial charge is 0.454 e. The van der Waals surface area contributed by atoms with Crippen LogP contribution in [0.15, 0.2) is 78.9 Å². The average Bonchev–Trinajstić information content (AvgIpc) is 2.66. The van der Waals surface area contributed by atoms with E-state index in [1.807, 2.05) is 42.5 Å². The molecule has 0 aliphatic carbocycles. The minimum Gasteiger partial charge on any atom is -0.454 e. The molecule has 0 radical (unpaired) electrons. The highest BCUT2D eigenvalue weighted by Crippen LogP contribution is 2.19. The topological polar surface area (TPSA) is 43.4 Å². The maximum atomic E-state index is 12.1. The van der Waals surface area contributed by atoms with E-state index in [1.165, 1.54) is 0 Å². The van der Waals surface area contributed by atoms with Gasteiger partial charge in [0.05, 0.1) is 5.56 Å². The van der Waals surface area contributed by atoms with Gasteiger partial charge in [-0.15, -0.1) is 0 Å². The summed E-state index contributed by atoms with van der Waals surface area (Å²) in [7, 11) is 0. The Morgan fingerprint density at radius 2 is 1.44 bits per heavy atom. The Morgan fingerprint density at radius 1 is 0.760 bits per heavy atom. The normalized spacial score (nSPS) is 10.3. The molecule has 3 aromatic rings. The van der Waals surface area contributed by atoms with Crippen molar-refractivity contribution in [3.05, 3.63) is 95.0 Å². The summed E-state index contributed by atoms with van der Waals surface area (Å²) >= 11 is 5.85. The average molecular weight is 351 g/mol. The van der Waals surface area contributed by atoms with Gasteiger partial charge in [0.1, 0.15) is 0 Å². The van der Waals surface area contributed by atoms with E-state index in [1.54, 1.807) is 36.4 Å². The number of Topliss-reactive ketones (excluding diaryl/α,β-unsaturated/α-hetero) is 1. The summed E-state index contributed by atoms with van der Waals surface area (Å²) in [5.74, 6) is -0.827. The lowest BCUT2D eigenvalue weighted by Crippen LogP contribution is -2.14. The smallest absolute Gasteiger partial charge is 0.338 e. The Balaban J connectivity index is 1.63. The predicted molar refractivity (Wildman–Crippen MR) is 97.9 cm³/mol. The lowest BCUT2D eigenvalue weighted by atomic mass is 10.0. The second kappa shape index (κ2) is 7.77. The maximum Gasteiger partial charge on any atom is 0.338 e. The van der Waals surface area contributed by atoms with Crippen molar-refractivity contribution in [3.8, 4) is 11.1 Å². The SMILES string of the molecule is O=C(COC(=O)c1ccc(-c2ccccc2)cc1)c1cccc(Cl)c1. The summed E-state index contributed by atoms with van der Waals surface area (Å²) in [6, 6.07) is 23.5. The van der Waals surface area contributed by atoms with Gasteiger partial charge in [0, 0.05) is 10.6 Å². The first-order chi connectivity index (χ1) is 12.1. The highest BCUT2D eigenvalue weighted by molar-refractivity contribution is 6.31. The van der Waals surface area contributed by atoms with Gasteiger partial charge >= 0.3 is 5.97 Å². The molecule has 0 aliphatic rings. The first-order valence-corrected chi connectivity index (χ1v) is 8.12. The fourth-order valence-electron chi connectivity index (χ4n) is 2.39. The standard InChI is InChI=1S/C21H15ClO3/c22-19-8-4-7-18(13-19)20(23)14-25-21(24)17-11-9-16(10-12-17)15-5-2-1-3-6-15/h1-13H,14H2. The second-order valence-corrected chi connectivity index (χ2v) is 5.89. The first kappa shape index (κ1) is 16.9. The van der Waals surface area contributed by atoms with Crippen molar-refractivity contribution in [2.45, 2.75) is 0 Å². The summed E-state index contributed by atoms with van der Waals surface area (Å²) in [4.78, 5) is 24.1. The Hall–Kier alpha value is -2.91. The highest BCUT2D eigenvalue weighted by Gasteiger charge is 2.12. The zero-order valence-electron chi connectivity index (χ0n) is 13.3. The molecule has 0 amide bonds. The van der Waals surface area contributed by atoms with Gasteiger partial charge in [-0.2, -0.15) is 0 Å². The summed E-state index contributed by atoms with van der Waals surface area (Å²) in [5, 5.41) is 0.466. The van der Waals surface area contributed by atoms with E-state index >= 15 is 0 Å². The molecule has 124 valence electrons. The highest BCUT2D eigenvalue weighted by atomic mass is 35.5. The summed E-state index contributed by atoms with van der Waals surface area (Å²) < 4.78 is 5.10. The molecule has 0 spiro atoms. The van der Waals surface area contributed by atoms with Gasteiger partial charge in [0.2, 0.25) is 0 Å². The van der Waals surface area contributed by atoms with Gasteiger partial charge in [-0.1, -0.05) is 66.2 Å². The molecule has 0 unspecified atom stereocenters. The van der Waals surface area contributed by atoms with Crippen molar-refractivity contribution in [1.82, 2.24) is 0 Å². The Bertz CT molecular complexity index is 887. The lowest BCUT2D eigenvalue weighted by Gasteiger charge is -2.06. The van der Waals surface area contributed by atoms with E-state index in [2.05, 4.69) is 0 Å². The fourth-order valence-corrected chi connectivity index (χ4v) is 2.58.